The topological polar surface area (TPSA) is 80.2 Å². The molecule has 1 amide bonds. The number of rotatable bonds is 6. The van der Waals surface area contributed by atoms with Crippen LogP contribution in [0.15, 0.2) is 55.1 Å². The number of nitrogens with one attached hydrogen (secondary N) is 1. The van der Waals surface area contributed by atoms with E-state index in [1.807, 2.05) is 0 Å². The maximum atomic E-state index is 14.6. The van der Waals surface area contributed by atoms with Crippen LogP contribution >= 0.6 is 0 Å². The zero-order valence-electron chi connectivity index (χ0n) is 18.1. The molecule has 178 valence electrons. The number of carbonyl (C=O) groups excluding carboxylic acids is 1. The third-order valence-electron chi connectivity index (χ3n) is 5.70. The number of piperidine rings is 1. The van der Waals surface area contributed by atoms with E-state index < -0.39 is 41.2 Å². The standard InChI is InChI=1S/C23H21F4N5O2/c1-14(32-10-7-23(26,27)16(13-32)15-5-8-28-9-6-15)22(33)31-19-11-30-20(12-29-19)34-21-17(24)3-2-4-18(21)25/h2-6,8-9,11-12,14,16H,7,10,13H2,1H3,(H,29,31,33)/t14-,16+/m0/s1. The van der Waals surface area contributed by atoms with E-state index in [0.29, 0.717) is 5.56 Å². The van der Waals surface area contributed by atoms with E-state index in [9.17, 15) is 22.4 Å². The number of aromatic nitrogens is 3. The molecule has 3 heterocycles. The lowest BCUT2D eigenvalue weighted by molar-refractivity contribution is -0.125. The molecule has 2 aromatic heterocycles. The summed E-state index contributed by atoms with van der Waals surface area (Å²) in [5.74, 6) is -6.92. The largest absolute Gasteiger partial charge is 0.431 e. The molecule has 1 fully saturated rings. The zero-order chi connectivity index (χ0) is 24.3. The predicted octanol–water partition coefficient (Wildman–Crippen LogP) is 4.39. The molecule has 7 nitrogen and oxygen atoms in total. The molecule has 2 atom stereocenters. The van der Waals surface area contributed by atoms with Crippen LogP contribution in [0.2, 0.25) is 0 Å². The number of nitrogens with zero attached hydrogens (tertiary/aromatic N) is 4. The molecule has 1 aromatic carbocycles. The Bertz CT molecular complexity index is 1130. The average Bonchev–Trinajstić information content (AvgIpc) is 2.82. The van der Waals surface area contributed by atoms with Crippen molar-refractivity contribution in [2.75, 3.05) is 18.4 Å². The first-order chi connectivity index (χ1) is 16.2. The highest BCUT2D eigenvalue weighted by molar-refractivity contribution is 5.93. The maximum Gasteiger partial charge on any atom is 0.257 e. The highest BCUT2D eigenvalue weighted by atomic mass is 19.3. The van der Waals surface area contributed by atoms with Crippen molar-refractivity contribution in [1.82, 2.24) is 19.9 Å². The number of likely N-dealkylation sites (tertiary alicyclic amines) is 1. The molecule has 1 aliphatic rings. The van der Waals surface area contributed by atoms with Crippen molar-refractivity contribution >= 4 is 11.7 Å². The highest BCUT2D eigenvalue weighted by Crippen LogP contribution is 2.40. The number of anilines is 1. The lowest BCUT2D eigenvalue weighted by atomic mass is 9.87. The molecule has 0 saturated carbocycles. The van der Waals surface area contributed by atoms with Gasteiger partial charge in [0, 0.05) is 31.9 Å². The molecule has 3 aromatic rings. The molecule has 0 radical (unpaired) electrons. The summed E-state index contributed by atoms with van der Waals surface area (Å²) in [7, 11) is 0. The zero-order valence-corrected chi connectivity index (χ0v) is 18.1. The monoisotopic (exact) mass is 475 g/mol. The normalized spacial score (nSPS) is 18.8. The molecular weight excluding hydrogens is 454 g/mol. The number of hydrogen-bond donors (Lipinski definition) is 1. The molecule has 0 spiro atoms. The quantitative estimate of drug-likeness (QED) is 0.533. The average molecular weight is 475 g/mol. The summed E-state index contributed by atoms with van der Waals surface area (Å²) in [6.07, 6.45) is 4.83. The SMILES string of the molecule is C[C@@H](C(=O)Nc1cnc(Oc2c(F)cccc2F)cn1)N1CCC(F)(F)[C@@H](c2ccncc2)C1. The smallest absolute Gasteiger partial charge is 0.257 e. The second-order valence-electron chi connectivity index (χ2n) is 7.90. The van der Waals surface area contributed by atoms with Gasteiger partial charge in [-0.15, -0.1) is 0 Å². The summed E-state index contributed by atoms with van der Waals surface area (Å²) < 4.78 is 61.6. The van der Waals surface area contributed by atoms with E-state index in [-0.39, 0.29) is 31.2 Å². The molecule has 4 rings (SSSR count). The van der Waals surface area contributed by atoms with Gasteiger partial charge >= 0.3 is 0 Å². The van der Waals surface area contributed by atoms with Crippen molar-refractivity contribution in [3.8, 4) is 11.6 Å². The molecule has 34 heavy (non-hydrogen) atoms. The van der Waals surface area contributed by atoms with Crippen LogP contribution in [0.25, 0.3) is 0 Å². The van der Waals surface area contributed by atoms with E-state index in [1.165, 1.54) is 24.7 Å². The Morgan fingerprint density at radius 3 is 2.50 bits per heavy atom. The number of hydrogen-bond acceptors (Lipinski definition) is 6. The minimum absolute atomic E-state index is 0.00173. The van der Waals surface area contributed by atoms with Crippen LogP contribution in [-0.2, 0) is 4.79 Å². The Kier molecular flexibility index (Phi) is 6.73. The third kappa shape index (κ3) is 5.14. The van der Waals surface area contributed by atoms with Gasteiger partial charge in [0.25, 0.3) is 5.92 Å². The van der Waals surface area contributed by atoms with Crippen molar-refractivity contribution in [3.63, 3.8) is 0 Å². The van der Waals surface area contributed by atoms with Crippen molar-refractivity contribution in [3.05, 3.63) is 72.3 Å². The Morgan fingerprint density at radius 2 is 1.85 bits per heavy atom. The number of halogens is 4. The van der Waals surface area contributed by atoms with E-state index >= 15 is 0 Å². The Morgan fingerprint density at radius 1 is 1.15 bits per heavy atom. The number of amides is 1. The van der Waals surface area contributed by atoms with Crippen LogP contribution in [0.5, 0.6) is 11.6 Å². The third-order valence-corrected chi connectivity index (χ3v) is 5.70. The van der Waals surface area contributed by atoms with E-state index in [4.69, 9.17) is 4.74 Å². The van der Waals surface area contributed by atoms with Crippen molar-refractivity contribution in [2.45, 2.75) is 31.2 Å². The minimum atomic E-state index is -2.90. The fourth-order valence-corrected chi connectivity index (χ4v) is 3.74. The molecule has 0 aliphatic carbocycles. The second-order valence-corrected chi connectivity index (χ2v) is 7.90. The van der Waals surface area contributed by atoms with Crippen molar-refractivity contribution in [2.24, 2.45) is 0 Å². The van der Waals surface area contributed by atoms with Crippen LogP contribution in [0, 0.1) is 11.6 Å². The van der Waals surface area contributed by atoms with Gasteiger partial charge in [-0.1, -0.05) is 6.07 Å². The van der Waals surface area contributed by atoms with Gasteiger partial charge in [-0.2, -0.15) is 0 Å². The first-order valence-electron chi connectivity index (χ1n) is 10.5. The predicted molar refractivity (Wildman–Crippen MR) is 115 cm³/mol. The summed E-state index contributed by atoms with van der Waals surface area (Å²) >= 11 is 0. The molecule has 1 N–H and O–H groups in total. The van der Waals surface area contributed by atoms with E-state index in [0.717, 1.165) is 18.3 Å². The first-order valence-corrected chi connectivity index (χ1v) is 10.5. The van der Waals surface area contributed by atoms with Gasteiger partial charge in [-0.05, 0) is 36.8 Å². The maximum absolute atomic E-state index is 14.6. The summed E-state index contributed by atoms with van der Waals surface area (Å²) in [5, 5.41) is 2.57. The van der Waals surface area contributed by atoms with Crippen LogP contribution < -0.4 is 10.1 Å². The lowest BCUT2D eigenvalue weighted by Crippen LogP contribution is -2.52. The van der Waals surface area contributed by atoms with Gasteiger partial charge in [0.15, 0.2) is 17.5 Å². The number of pyridine rings is 1. The number of alkyl halides is 2. The van der Waals surface area contributed by atoms with Gasteiger partial charge < -0.3 is 10.1 Å². The minimum Gasteiger partial charge on any atom is -0.431 e. The number of para-hydroxylation sites is 1. The molecular formula is C23H21F4N5O2. The summed E-state index contributed by atoms with van der Waals surface area (Å²) in [6.45, 7) is 1.67. The van der Waals surface area contributed by atoms with E-state index in [1.54, 1.807) is 24.0 Å². The number of carbonyl (C=O) groups is 1. The molecule has 1 aliphatic heterocycles. The van der Waals surface area contributed by atoms with Crippen LogP contribution in [0.4, 0.5) is 23.4 Å². The van der Waals surface area contributed by atoms with Gasteiger partial charge in [0.1, 0.15) is 0 Å². The second kappa shape index (κ2) is 9.72. The molecule has 11 heteroatoms. The van der Waals surface area contributed by atoms with Gasteiger partial charge in [0.2, 0.25) is 17.5 Å². The van der Waals surface area contributed by atoms with Crippen LogP contribution in [-0.4, -0.2) is 50.8 Å². The van der Waals surface area contributed by atoms with Crippen LogP contribution in [0.1, 0.15) is 24.8 Å². The molecule has 0 bridgehead atoms. The fraction of sp³-hybridized carbons (Fsp3) is 0.304. The lowest BCUT2D eigenvalue weighted by Gasteiger charge is -2.40. The fourth-order valence-electron chi connectivity index (χ4n) is 3.74. The Balaban J connectivity index is 1.39. The summed E-state index contributed by atoms with van der Waals surface area (Å²) in [6, 6.07) is 5.67. The summed E-state index contributed by atoms with van der Waals surface area (Å²) in [5.41, 5.74) is 0.463. The van der Waals surface area contributed by atoms with E-state index in [2.05, 4.69) is 20.3 Å². The van der Waals surface area contributed by atoms with Crippen molar-refractivity contribution < 1.29 is 27.1 Å². The van der Waals surface area contributed by atoms with Gasteiger partial charge in [-0.25, -0.2) is 27.5 Å². The number of benzene rings is 1. The Labute approximate surface area is 192 Å². The number of ether oxygens (including phenoxy) is 1. The van der Waals surface area contributed by atoms with Gasteiger partial charge in [0.05, 0.1) is 24.4 Å². The summed E-state index contributed by atoms with van der Waals surface area (Å²) in [4.78, 5) is 26.2. The van der Waals surface area contributed by atoms with Gasteiger partial charge in [-0.3, -0.25) is 14.7 Å². The molecule has 0 unspecified atom stereocenters. The Hall–Kier alpha value is -3.60. The first kappa shape index (κ1) is 23.6. The van der Waals surface area contributed by atoms with Crippen molar-refractivity contribution in [1.29, 1.82) is 0 Å². The van der Waals surface area contributed by atoms with Crippen LogP contribution in [0.3, 0.4) is 0 Å². The highest BCUT2D eigenvalue weighted by Gasteiger charge is 2.46. The molecule has 1 saturated heterocycles.